The number of nitrogens with one attached hydrogen (secondary N) is 1. The minimum atomic E-state index is -4.37. The predicted octanol–water partition coefficient (Wildman–Crippen LogP) is 0.523. The second-order valence-electron chi connectivity index (χ2n) is 1.39. The van der Waals surface area contributed by atoms with Crippen LogP contribution in [0.15, 0.2) is 0 Å². The summed E-state index contributed by atoms with van der Waals surface area (Å²) in [5, 5.41) is 0.318. The van der Waals surface area contributed by atoms with Gasteiger partial charge in [0.05, 0.1) is 0 Å². The van der Waals surface area contributed by atoms with E-state index in [1.807, 2.05) is 0 Å². The third-order valence-electron chi connectivity index (χ3n) is 0.632. The van der Waals surface area contributed by atoms with Gasteiger partial charge in [-0.3, -0.25) is 0 Å². The summed E-state index contributed by atoms with van der Waals surface area (Å²) >= 11 is 2.88. The van der Waals surface area contributed by atoms with E-state index in [0.717, 1.165) is 0 Å². The van der Waals surface area contributed by atoms with E-state index in [1.54, 1.807) is 4.72 Å². The van der Waals surface area contributed by atoms with Crippen LogP contribution >= 0.6 is 15.9 Å². The zero-order valence-corrected chi connectivity index (χ0v) is 7.25. The predicted molar refractivity (Wildman–Crippen MR) is 36.7 cm³/mol. The average Bonchev–Trinajstić information content (AvgIpc) is 1.84. The summed E-state index contributed by atoms with van der Waals surface area (Å²) in [6.45, 7) is -0.0212. The first-order chi connectivity index (χ1) is 4.50. The van der Waals surface area contributed by atoms with Crippen molar-refractivity contribution in [1.82, 2.24) is 4.72 Å². The minimum Gasteiger partial charge on any atom is -0.209 e. The van der Waals surface area contributed by atoms with Crippen molar-refractivity contribution < 1.29 is 17.2 Å². The van der Waals surface area contributed by atoms with Gasteiger partial charge in [0.2, 0.25) is 0 Å². The molecule has 0 aliphatic heterocycles. The van der Waals surface area contributed by atoms with Crippen molar-refractivity contribution >= 4 is 26.0 Å². The molecule has 0 fully saturated rings. The highest BCUT2D eigenvalue weighted by Crippen LogP contribution is 2.00. The van der Waals surface area contributed by atoms with Crippen LogP contribution in [0.3, 0.4) is 0 Å². The Morgan fingerprint density at radius 1 is 1.50 bits per heavy atom. The third kappa shape index (κ3) is 3.43. The van der Waals surface area contributed by atoms with Gasteiger partial charge in [-0.15, -0.1) is 0 Å². The van der Waals surface area contributed by atoms with Crippen LogP contribution in [0, 0.1) is 0 Å². The summed E-state index contributed by atoms with van der Waals surface area (Å²) in [5.41, 5.74) is 0. The molecule has 62 valence electrons. The van der Waals surface area contributed by atoms with Gasteiger partial charge in [-0.25, -0.2) is 13.1 Å². The lowest BCUT2D eigenvalue weighted by Crippen LogP contribution is -2.30. The number of hydrogen-bond donors (Lipinski definition) is 1. The average molecular weight is 238 g/mol. The van der Waals surface area contributed by atoms with Crippen LogP contribution < -0.4 is 4.72 Å². The molecular weight excluding hydrogens is 232 g/mol. The number of alkyl halides is 3. The molecule has 0 unspecified atom stereocenters. The monoisotopic (exact) mass is 237 g/mol. The number of rotatable bonds is 4. The fourth-order valence-corrected chi connectivity index (χ4v) is 1.22. The molecule has 0 aromatic heterocycles. The second-order valence-corrected chi connectivity index (χ2v) is 3.92. The van der Waals surface area contributed by atoms with Gasteiger partial charge < -0.3 is 0 Å². The second kappa shape index (κ2) is 4.20. The molecule has 0 saturated carbocycles. The van der Waals surface area contributed by atoms with E-state index in [1.165, 1.54) is 0 Å². The van der Waals surface area contributed by atoms with Crippen molar-refractivity contribution in [1.29, 1.82) is 0 Å². The molecule has 1 N–H and O–H groups in total. The molecule has 0 aliphatic carbocycles. The van der Waals surface area contributed by atoms with Crippen LogP contribution in [-0.2, 0) is 10.0 Å². The summed E-state index contributed by atoms with van der Waals surface area (Å²) in [7, 11) is -4.37. The van der Waals surface area contributed by atoms with Crippen molar-refractivity contribution in [3.05, 3.63) is 0 Å². The minimum absolute atomic E-state index is 0.0212. The van der Waals surface area contributed by atoms with E-state index >= 15 is 0 Å². The smallest absolute Gasteiger partial charge is 0.209 e. The molecule has 7 heteroatoms. The summed E-state index contributed by atoms with van der Waals surface area (Å²) in [4.78, 5) is 0. The van der Waals surface area contributed by atoms with Gasteiger partial charge in [-0.05, 0) is 0 Å². The lowest BCUT2D eigenvalue weighted by atomic mass is 10.8. The Morgan fingerprint density at radius 3 is 2.30 bits per heavy atom. The summed E-state index contributed by atoms with van der Waals surface area (Å²) in [5.74, 6) is -3.34. The third-order valence-corrected chi connectivity index (χ3v) is 2.10. The maximum Gasteiger partial charge on any atom is 0.350 e. The maximum atomic E-state index is 11.5. The molecule has 0 saturated heterocycles. The number of halogens is 3. The van der Waals surface area contributed by atoms with Crippen LogP contribution in [0.25, 0.3) is 0 Å². The fourth-order valence-electron chi connectivity index (χ4n) is 0.244. The standard InChI is InChI=1S/C3H6BrF2NO2S/c4-1-2-7-10(8,9)3(5)6/h3,7H,1-2H2. The van der Waals surface area contributed by atoms with E-state index in [0.29, 0.717) is 5.33 Å². The highest BCUT2D eigenvalue weighted by atomic mass is 79.9. The van der Waals surface area contributed by atoms with E-state index < -0.39 is 15.8 Å². The van der Waals surface area contributed by atoms with E-state index in [2.05, 4.69) is 15.9 Å². The topological polar surface area (TPSA) is 46.2 Å². The quantitative estimate of drug-likeness (QED) is 0.726. The molecule has 0 heterocycles. The van der Waals surface area contributed by atoms with Crippen LogP contribution in [-0.4, -0.2) is 26.1 Å². The van der Waals surface area contributed by atoms with Crippen molar-refractivity contribution in [2.45, 2.75) is 5.76 Å². The van der Waals surface area contributed by atoms with Crippen molar-refractivity contribution in [2.24, 2.45) is 0 Å². The highest BCUT2D eigenvalue weighted by molar-refractivity contribution is 9.09. The van der Waals surface area contributed by atoms with E-state index in [4.69, 9.17) is 0 Å². The van der Waals surface area contributed by atoms with Gasteiger partial charge in [0.15, 0.2) is 0 Å². The van der Waals surface area contributed by atoms with Gasteiger partial charge in [-0.1, -0.05) is 15.9 Å². The Kier molecular flexibility index (Phi) is 4.30. The molecule has 0 radical (unpaired) electrons. The van der Waals surface area contributed by atoms with Crippen LogP contribution in [0.4, 0.5) is 8.78 Å². The largest absolute Gasteiger partial charge is 0.350 e. The van der Waals surface area contributed by atoms with Gasteiger partial charge >= 0.3 is 5.76 Å². The van der Waals surface area contributed by atoms with Crippen LogP contribution in [0.2, 0.25) is 0 Å². The molecule has 0 aromatic rings. The fraction of sp³-hybridized carbons (Fsp3) is 1.00. The number of sulfonamides is 1. The Hall–Kier alpha value is 0.250. The molecule has 0 rings (SSSR count). The molecule has 0 aromatic carbocycles. The summed E-state index contributed by atoms with van der Waals surface area (Å²) in [6.07, 6.45) is 0. The van der Waals surface area contributed by atoms with E-state index in [9.17, 15) is 17.2 Å². The van der Waals surface area contributed by atoms with Gasteiger partial charge in [0.1, 0.15) is 0 Å². The van der Waals surface area contributed by atoms with Crippen molar-refractivity contribution in [3.8, 4) is 0 Å². The molecule has 3 nitrogen and oxygen atoms in total. The van der Waals surface area contributed by atoms with Gasteiger partial charge in [-0.2, -0.15) is 8.78 Å². The highest BCUT2D eigenvalue weighted by Gasteiger charge is 2.22. The molecule has 0 aliphatic rings. The first-order valence-electron chi connectivity index (χ1n) is 2.33. The molecule has 0 spiro atoms. The Bertz CT molecular complexity index is 181. The Labute approximate surface area is 66.0 Å². The molecule has 0 bridgehead atoms. The van der Waals surface area contributed by atoms with Crippen molar-refractivity contribution in [3.63, 3.8) is 0 Å². The SMILES string of the molecule is O=S(=O)(NCCBr)C(F)F. The van der Waals surface area contributed by atoms with Crippen LogP contribution in [0.5, 0.6) is 0 Å². The molecule has 10 heavy (non-hydrogen) atoms. The van der Waals surface area contributed by atoms with Crippen LogP contribution in [0.1, 0.15) is 0 Å². The summed E-state index contributed by atoms with van der Waals surface area (Å²) < 4.78 is 45.0. The molecule has 0 amide bonds. The normalized spacial score (nSPS) is 12.4. The Balaban J connectivity index is 3.90. The first kappa shape index (κ1) is 10.2. The zero-order chi connectivity index (χ0) is 8.20. The zero-order valence-electron chi connectivity index (χ0n) is 4.85. The molecular formula is C3H6BrF2NO2S. The number of hydrogen-bond acceptors (Lipinski definition) is 2. The lowest BCUT2D eigenvalue weighted by molar-refractivity contribution is 0.232. The van der Waals surface area contributed by atoms with Gasteiger partial charge in [0, 0.05) is 11.9 Å². The van der Waals surface area contributed by atoms with Crippen molar-refractivity contribution in [2.75, 3.05) is 11.9 Å². The maximum absolute atomic E-state index is 11.5. The lowest BCUT2D eigenvalue weighted by Gasteiger charge is -2.01. The molecule has 0 atom stereocenters. The first-order valence-corrected chi connectivity index (χ1v) is 5.00. The van der Waals surface area contributed by atoms with E-state index in [-0.39, 0.29) is 6.54 Å². The van der Waals surface area contributed by atoms with Gasteiger partial charge in [0.25, 0.3) is 10.0 Å². The Morgan fingerprint density at radius 2 is 2.00 bits per heavy atom. The summed E-state index contributed by atoms with van der Waals surface area (Å²) in [6, 6.07) is 0.